The fraction of sp³-hybridized carbons (Fsp3) is 0.364. The van der Waals surface area contributed by atoms with Crippen LogP contribution in [0.1, 0.15) is 54.4 Å². The Morgan fingerprint density at radius 2 is 1.77 bits per heavy atom. The Balaban J connectivity index is 1.15. The Labute approximate surface area is 255 Å². The molecule has 0 saturated heterocycles. The molecule has 0 radical (unpaired) electrons. The highest BCUT2D eigenvalue weighted by Crippen LogP contribution is 2.35. The zero-order chi connectivity index (χ0) is 30.2. The van der Waals surface area contributed by atoms with Crippen LogP contribution in [0.2, 0.25) is 0 Å². The maximum Gasteiger partial charge on any atom is 0.255 e. The lowest BCUT2D eigenvalue weighted by Crippen LogP contribution is -2.44. The van der Waals surface area contributed by atoms with Crippen LogP contribution in [0.3, 0.4) is 0 Å². The largest absolute Gasteiger partial charge is 0.489 e. The van der Waals surface area contributed by atoms with Gasteiger partial charge in [-0.25, -0.2) is 4.52 Å². The maximum atomic E-state index is 13.7. The van der Waals surface area contributed by atoms with Gasteiger partial charge in [-0.05, 0) is 74.9 Å². The molecule has 2 amide bonds. The summed E-state index contributed by atoms with van der Waals surface area (Å²) in [6.07, 6.45) is 8.41. The first-order valence-corrected chi connectivity index (χ1v) is 15.2. The van der Waals surface area contributed by atoms with Crippen LogP contribution < -0.4 is 25.6 Å². The molecule has 3 aliphatic rings. The predicted octanol–water partition coefficient (Wildman–Crippen LogP) is 4.41. The molecule has 1 aromatic carbocycles. The highest BCUT2D eigenvalue weighted by molar-refractivity contribution is 6.01. The van der Waals surface area contributed by atoms with Crippen molar-refractivity contribution < 1.29 is 14.3 Å². The van der Waals surface area contributed by atoms with Gasteiger partial charge in [0.15, 0.2) is 0 Å². The topological polar surface area (TPSA) is 137 Å². The van der Waals surface area contributed by atoms with E-state index in [2.05, 4.69) is 37.0 Å². The van der Waals surface area contributed by atoms with Gasteiger partial charge in [-0.1, -0.05) is 0 Å². The number of carbonyl (C=O) groups is 2. The highest BCUT2D eigenvalue weighted by Gasteiger charge is 2.32. The summed E-state index contributed by atoms with van der Waals surface area (Å²) >= 11 is 0. The van der Waals surface area contributed by atoms with Gasteiger partial charge < -0.3 is 25.6 Å². The van der Waals surface area contributed by atoms with Crippen LogP contribution in [-0.4, -0.2) is 58.7 Å². The number of rotatable bonds is 7. The molecule has 2 aliphatic carbocycles. The molecule has 3 N–H and O–H groups in total. The molecule has 4 aromatic rings. The monoisotopic (exact) mass is 590 g/mol. The zero-order valence-corrected chi connectivity index (χ0v) is 24.5. The molecule has 3 aromatic heterocycles. The number of pyridine rings is 1. The van der Waals surface area contributed by atoms with Crippen LogP contribution in [0.25, 0.3) is 16.9 Å². The van der Waals surface area contributed by atoms with Gasteiger partial charge in [0.25, 0.3) is 5.91 Å². The lowest BCUT2D eigenvalue weighted by molar-refractivity contribution is -0.123. The van der Waals surface area contributed by atoms with E-state index < -0.39 is 0 Å². The molecule has 0 spiro atoms. The van der Waals surface area contributed by atoms with E-state index in [1.54, 1.807) is 16.8 Å². The average Bonchev–Trinajstić information content (AvgIpc) is 3.81. The number of hydrogen-bond donors (Lipinski definition) is 3. The third-order valence-corrected chi connectivity index (χ3v) is 8.73. The van der Waals surface area contributed by atoms with Crippen molar-refractivity contribution in [3.05, 3.63) is 66.0 Å². The zero-order valence-electron chi connectivity index (χ0n) is 24.5. The van der Waals surface area contributed by atoms with E-state index in [9.17, 15) is 14.9 Å². The number of nitrogens with zero attached hydrogens (tertiary/aromatic N) is 5. The quantitative estimate of drug-likeness (QED) is 0.288. The summed E-state index contributed by atoms with van der Waals surface area (Å²) in [4.78, 5) is 32.7. The minimum Gasteiger partial charge on any atom is -0.489 e. The van der Waals surface area contributed by atoms with Crippen molar-refractivity contribution in [3.63, 3.8) is 0 Å². The van der Waals surface area contributed by atoms with Gasteiger partial charge in [0.1, 0.15) is 18.4 Å². The average molecular weight is 591 g/mol. The third-order valence-electron chi connectivity index (χ3n) is 8.73. The molecule has 4 heterocycles. The first-order chi connectivity index (χ1) is 21.4. The number of carbonyl (C=O) groups excluding carboxylic acids is 2. The van der Waals surface area contributed by atoms with Crippen molar-refractivity contribution >= 4 is 34.4 Å². The maximum absolute atomic E-state index is 13.7. The first-order valence-electron chi connectivity index (χ1n) is 15.2. The van der Waals surface area contributed by atoms with Crippen molar-refractivity contribution in [2.45, 2.75) is 50.6 Å². The Morgan fingerprint density at radius 3 is 2.55 bits per heavy atom. The fourth-order valence-electron chi connectivity index (χ4n) is 6.04. The minimum atomic E-state index is -0.206. The van der Waals surface area contributed by atoms with Crippen LogP contribution in [0.15, 0.2) is 54.9 Å². The lowest BCUT2D eigenvalue weighted by atomic mass is 9.90. The van der Waals surface area contributed by atoms with Crippen molar-refractivity contribution in [3.8, 4) is 23.2 Å². The predicted molar refractivity (Wildman–Crippen MR) is 166 cm³/mol. The number of ether oxygens (including phenoxy) is 1. The standard InChI is InChI=1S/C33H34N8O3/c1-40-12-13-44-31-15-24(8-10-30(31)40)37-27-16-28(29-11-9-25-14-20(17-34)18-36-41(25)29)35-19-26(27)33(43)39-23-6-4-22(5-7-23)38-32(42)21-2-3-21/h8-11,14-16,18-19,21-23H,2-7,12-13H2,1H3,(H,35,37)(H,38,42)(H,39,43). The number of amides is 2. The fourth-order valence-corrected chi connectivity index (χ4v) is 6.04. The summed E-state index contributed by atoms with van der Waals surface area (Å²) in [6.45, 7) is 1.43. The Bertz CT molecular complexity index is 1780. The van der Waals surface area contributed by atoms with Gasteiger partial charge in [-0.15, -0.1) is 0 Å². The van der Waals surface area contributed by atoms with Crippen molar-refractivity contribution in [2.24, 2.45) is 5.92 Å². The Hall–Kier alpha value is -5.11. The molecule has 7 rings (SSSR count). The number of likely N-dealkylation sites (N-methyl/N-ethyl adjacent to an activating group) is 1. The third kappa shape index (κ3) is 5.63. The molecule has 224 valence electrons. The summed E-state index contributed by atoms with van der Waals surface area (Å²) in [6, 6.07) is 15.7. The van der Waals surface area contributed by atoms with Crippen LogP contribution in [-0.2, 0) is 4.79 Å². The number of hydrogen-bond acceptors (Lipinski definition) is 8. The van der Waals surface area contributed by atoms with E-state index in [-0.39, 0.29) is 29.8 Å². The number of anilines is 3. The molecular formula is C33H34N8O3. The van der Waals surface area contributed by atoms with Crippen LogP contribution in [0, 0.1) is 17.2 Å². The summed E-state index contributed by atoms with van der Waals surface area (Å²) in [5, 5.41) is 23.5. The van der Waals surface area contributed by atoms with Crippen LogP contribution >= 0.6 is 0 Å². The number of nitrogens with one attached hydrogen (secondary N) is 3. The van der Waals surface area contributed by atoms with E-state index in [1.807, 2.05) is 43.4 Å². The van der Waals surface area contributed by atoms with Gasteiger partial charge in [0.2, 0.25) is 5.91 Å². The number of aromatic nitrogens is 3. The Kier molecular flexibility index (Phi) is 7.26. The van der Waals surface area contributed by atoms with E-state index in [4.69, 9.17) is 4.74 Å². The number of nitriles is 1. The van der Waals surface area contributed by atoms with Crippen LogP contribution in [0.5, 0.6) is 5.75 Å². The van der Waals surface area contributed by atoms with E-state index in [0.717, 1.165) is 73.4 Å². The second kappa shape index (κ2) is 11.5. The molecule has 2 fully saturated rings. The normalized spacial score (nSPS) is 19.4. The van der Waals surface area contributed by atoms with Gasteiger partial charge in [-0.3, -0.25) is 14.6 Å². The van der Waals surface area contributed by atoms with E-state index >= 15 is 0 Å². The summed E-state index contributed by atoms with van der Waals surface area (Å²) < 4.78 is 7.65. The van der Waals surface area contributed by atoms with Crippen molar-refractivity contribution in [2.75, 3.05) is 30.4 Å². The van der Waals surface area contributed by atoms with Gasteiger partial charge in [0, 0.05) is 43.0 Å². The second-order valence-corrected chi connectivity index (χ2v) is 11.9. The Morgan fingerprint density at radius 1 is 0.977 bits per heavy atom. The van der Waals surface area contributed by atoms with Crippen LogP contribution in [0.4, 0.5) is 17.1 Å². The molecule has 0 unspecified atom stereocenters. The van der Waals surface area contributed by atoms with Gasteiger partial charge in [-0.2, -0.15) is 10.4 Å². The highest BCUT2D eigenvalue weighted by atomic mass is 16.5. The van der Waals surface area contributed by atoms with Crippen molar-refractivity contribution in [1.29, 1.82) is 5.26 Å². The summed E-state index contributed by atoms with van der Waals surface area (Å²) in [7, 11) is 2.04. The second-order valence-electron chi connectivity index (χ2n) is 11.9. The molecule has 0 atom stereocenters. The van der Waals surface area contributed by atoms with Crippen molar-refractivity contribution in [1.82, 2.24) is 25.2 Å². The molecule has 44 heavy (non-hydrogen) atoms. The minimum absolute atomic E-state index is 0.0184. The molecule has 1 aliphatic heterocycles. The number of fused-ring (bicyclic) bond motifs is 2. The molecule has 11 nitrogen and oxygen atoms in total. The smallest absolute Gasteiger partial charge is 0.255 e. The van der Waals surface area contributed by atoms with Gasteiger partial charge >= 0.3 is 0 Å². The molecule has 11 heteroatoms. The summed E-state index contributed by atoms with van der Waals surface area (Å²) in [5.74, 6) is 0.953. The van der Waals surface area contributed by atoms with Gasteiger partial charge in [0.05, 0.1) is 52.1 Å². The van der Waals surface area contributed by atoms with E-state index in [1.165, 1.54) is 6.20 Å². The number of benzene rings is 1. The first kappa shape index (κ1) is 27.7. The molecule has 2 saturated carbocycles. The SMILES string of the molecule is CN1CCOc2cc(Nc3cc(-c4ccc5cc(C#N)cnn45)ncc3C(=O)NC3CCC(NC(=O)C4CC4)CC3)ccc21. The lowest BCUT2D eigenvalue weighted by Gasteiger charge is -2.30. The molecular weight excluding hydrogens is 556 g/mol. The molecule has 0 bridgehead atoms. The van der Waals surface area contributed by atoms with E-state index in [0.29, 0.717) is 29.1 Å². The summed E-state index contributed by atoms with van der Waals surface area (Å²) in [5.41, 5.74) is 5.44.